The van der Waals surface area contributed by atoms with E-state index >= 15 is 0 Å². The Morgan fingerprint density at radius 2 is 1.75 bits per heavy atom. The van der Waals surface area contributed by atoms with Crippen LogP contribution >= 0.6 is 0 Å². The maximum atomic E-state index is 14.3. The molecule has 0 spiro atoms. The van der Waals surface area contributed by atoms with Crippen molar-refractivity contribution < 1.29 is 9.50 Å². The van der Waals surface area contributed by atoms with Crippen molar-refractivity contribution in [2.75, 3.05) is 0 Å². The van der Waals surface area contributed by atoms with Crippen molar-refractivity contribution in [3.8, 4) is 0 Å². The van der Waals surface area contributed by atoms with Crippen LogP contribution in [0, 0.1) is 19.7 Å². The van der Waals surface area contributed by atoms with Gasteiger partial charge in [-0.05, 0) is 49.4 Å². The molecule has 0 bridgehead atoms. The maximum Gasteiger partial charge on any atom is 0.129 e. The Morgan fingerprint density at radius 3 is 2.30 bits per heavy atom. The Kier molecular flexibility index (Phi) is 3.14. The molecule has 1 fully saturated rings. The summed E-state index contributed by atoms with van der Waals surface area (Å²) in [7, 11) is 0. The van der Waals surface area contributed by atoms with E-state index in [2.05, 4.69) is 0 Å². The molecule has 1 aliphatic rings. The Balaban J connectivity index is 2.04. The molecule has 1 saturated carbocycles. The van der Waals surface area contributed by atoms with Gasteiger partial charge in [-0.15, -0.1) is 0 Å². The van der Waals surface area contributed by atoms with Crippen LogP contribution in [-0.2, 0) is 5.41 Å². The van der Waals surface area contributed by atoms with Crippen LogP contribution in [0.15, 0.2) is 42.5 Å². The summed E-state index contributed by atoms with van der Waals surface area (Å²) in [5.41, 5.74) is 2.98. The topological polar surface area (TPSA) is 20.2 Å². The molecule has 0 heterocycles. The molecule has 2 heteroatoms. The number of hydrogen-bond acceptors (Lipinski definition) is 1. The standard InChI is InChI=1S/C18H19FO/c1-12-10-13(2)16(15(19)11-12)17(20)18(8-9-18)14-6-4-3-5-7-14/h3-7,10-11,17,20H,8-9H2,1-2H3. The van der Waals surface area contributed by atoms with Crippen LogP contribution in [0.4, 0.5) is 4.39 Å². The summed E-state index contributed by atoms with van der Waals surface area (Å²) in [6.45, 7) is 3.74. The average Bonchev–Trinajstić information content (AvgIpc) is 3.20. The van der Waals surface area contributed by atoms with E-state index in [1.54, 1.807) is 0 Å². The van der Waals surface area contributed by atoms with Crippen LogP contribution < -0.4 is 0 Å². The number of aliphatic hydroxyl groups excluding tert-OH is 1. The second-order valence-corrected chi connectivity index (χ2v) is 5.90. The van der Waals surface area contributed by atoms with Gasteiger partial charge in [0.25, 0.3) is 0 Å². The zero-order valence-electron chi connectivity index (χ0n) is 11.9. The van der Waals surface area contributed by atoms with Gasteiger partial charge in [-0.2, -0.15) is 0 Å². The fourth-order valence-electron chi connectivity index (χ4n) is 3.17. The molecule has 1 aliphatic carbocycles. The van der Waals surface area contributed by atoms with Crippen molar-refractivity contribution in [2.45, 2.75) is 38.2 Å². The van der Waals surface area contributed by atoms with Crippen molar-refractivity contribution in [3.05, 3.63) is 70.5 Å². The quantitative estimate of drug-likeness (QED) is 0.886. The van der Waals surface area contributed by atoms with Crippen LogP contribution in [0.3, 0.4) is 0 Å². The third-order valence-electron chi connectivity index (χ3n) is 4.41. The highest BCUT2D eigenvalue weighted by molar-refractivity contribution is 5.41. The molecule has 0 radical (unpaired) electrons. The summed E-state index contributed by atoms with van der Waals surface area (Å²) in [4.78, 5) is 0. The molecule has 1 atom stereocenters. The number of hydrogen-bond donors (Lipinski definition) is 1. The third kappa shape index (κ3) is 2.04. The highest BCUT2D eigenvalue weighted by Crippen LogP contribution is 2.57. The fraction of sp³-hybridized carbons (Fsp3) is 0.333. The Labute approximate surface area is 119 Å². The zero-order valence-corrected chi connectivity index (χ0v) is 11.9. The molecule has 1 nitrogen and oxygen atoms in total. The van der Waals surface area contributed by atoms with Gasteiger partial charge < -0.3 is 5.11 Å². The summed E-state index contributed by atoms with van der Waals surface area (Å²) in [6.07, 6.45) is 1.04. The fourth-order valence-corrected chi connectivity index (χ4v) is 3.17. The lowest BCUT2D eigenvalue weighted by Gasteiger charge is -2.25. The second-order valence-electron chi connectivity index (χ2n) is 5.90. The lowest BCUT2D eigenvalue weighted by Crippen LogP contribution is -2.20. The molecule has 1 N–H and O–H groups in total. The van der Waals surface area contributed by atoms with E-state index in [4.69, 9.17) is 0 Å². The molecule has 0 aromatic heterocycles. The van der Waals surface area contributed by atoms with Crippen molar-refractivity contribution >= 4 is 0 Å². The molecule has 104 valence electrons. The molecule has 1 unspecified atom stereocenters. The Hall–Kier alpha value is -1.67. The van der Waals surface area contributed by atoms with Gasteiger partial charge in [-0.1, -0.05) is 36.4 Å². The van der Waals surface area contributed by atoms with Gasteiger partial charge in [0.1, 0.15) is 5.82 Å². The average molecular weight is 270 g/mol. The summed E-state index contributed by atoms with van der Waals surface area (Å²) in [6, 6.07) is 13.4. The zero-order chi connectivity index (χ0) is 14.3. The van der Waals surface area contributed by atoms with Gasteiger partial charge >= 0.3 is 0 Å². The molecule has 2 aromatic carbocycles. The van der Waals surface area contributed by atoms with Crippen molar-refractivity contribution in [1.29, 1.82) is 0 Å². The minimum Gasteiger partial charge on any atom is -0.387 e. The molecule has 2 aromatic rings. The van der Waals surface area contributed by atoms with Crippen LogP contribution in [0.25, 0.3) is 0 Å². The van der Waals surface area contributed by atoms with Gasteiger partial charge in [0.2, 0.25) is 0 Å². The first-order chi connectivity index (χ1) is 9.54. The van der Waals surface area contributed by atoms with Gasteiger partial charge in [0, 0.05) is 11.0 Å². The first-order valence-electron chi connectivity index (χ1n) is 7.05. The largest absolute Gasteiger partial charge is 0.387 e. The van der Waals surface area contributed by atoms with E-state index in [1.807, 2.05) is 50.2 Å². The third-order valence-corrected chi connectivity index (χ3v) is 4.41. The molecule has 0 amide bonds. The summed E-state index contributed by atoms with van der Waals surface area (Å²) in [5, 5.41) is 10.8. The Bertz CT molecular complexity index is 606. The first-order valence-corrected chi connectivity index (χ1v) is 7.05. The maximum absolute atomic E-state index is 14.3. The van der Waals surface area contributed by atoms with Crippen molar-refractivity contribution in [2.24, 2.45) is 0 Å². The second kappa shape index (κ2) is 4.71. The van der Waals surface area contributed by atoms with E-state index < -0.39 is 6.10 Å². The highest BCUT2D eigenvalue weighted by Gasteiger charge is 2.51. The van der Waals surface area contributed by atoms with Crippen LogP contribution in [0.1, 0.15) is 41.2 Å². The van der Waals surface area contributed by atoms with E-state index in [0.29, 0.717) is 5.56 Å². The highest BCUT2D eigenvalue weighted by atomic mass is 19.1. The van der Waals surface area contributed by atoms with E-state index in [-0.39, 0.29) is 11.2 Å². The van der Waals surface area contributed by atoms with Crippen LogP contribution in [0.5, 0.6) is 0 Å². The normalized spacial score (nSPS) is 17.8. The van der Waals surface area contributed by atoms with Crippen LogP contribution in [-0.4, -0.2) is 5.11 Å². The minimum absolute atomic E-state index is 0.294. The van der Waals surface area contributed by atoms with Crippen LogP contribution in [0.2, 0.25) is 0 Å². The van der Waals surface area contributed by atoms with Gasteiger partial charge in [0.05, 0.1) is 6.10 Å². The molecule has 0 aliphatic heterocycles. The number of halogens is 1. The predicted octanol–water partition coefficient (Wildman–Crippen LogP) is 4.21. The van der Waals surface area contributed by atoms with Crippen molar-refractivity contribution in [1.82, 2.24) is 0 Å². The van der Waals surface area contributed by atoms with Gasteiger partial charge in [-0.3, -0.25) is 0 Å². The SMILES string of the molecule is Cc1cc(C)c(C(O)C2(c3ccccc3)CC2)c(F)c1. The summed E-state index contributed by atoms with van der Waals surface area (Å²) in [5.74, 6) is -0.294. The molecular formula is C18H19FO. The summed E-state index contributed by atoms with van der Waals surface area (Å²) >= 11 is 0. The lowest BCUT2D eigenvalue weighted by molar-refractivity contribution is 0.128. The monoisotopic (exact) mass is 270 g/mol. The lowest BCUT2D eigenvalue weighted by atomic mass is 9.84. The number of aryl methyl sites for hydroxylation is 2. The first kappa shape index (κ1) is 13.3. The molecular weight excluding hydrogens is 251 g/mol. The summed E-state index contributed by atoms with van der Waals surface area (Å²) < 4.78 is 14.3. The molecule has 0 saturated heterocycles. The number of rotatable bonds is 3. The predicted molar refractivity (Wildman–Crippen MR) is 78.2 cm³/mol. The number of aliphatic hydroxyl groups is 1. The van der Waals surface area contributed by atoms with E-state index in [1.165, 1.54) is 6.07 Å². The molecule has 20 heavy (non-hydrogen) atoms. The van der Waals surface area contributed by atoms with Gasteiger partial charge in [0.15, 0.2) is 0 Å². The van der Waals surface area contributed by atoms with E-state index in [9.17, 15) is 9.50 Å². The van der Waals surface area contributed by atoms with Gasteiger partial charge in [-0.25, -0.2) is 4.39 Å². The Morgan fingerprint density at radius 1 is 1.10 bits per heavy atom. The number of benzene rings is 2. The minimum atomic E-state index is -0.773. The smallest absolute Gasteiger partial charge is 0.129 e. The molecule has 3 rings (SSSR count). The van der Waals surface area contributed by atoms with Crippen molar-refractivity contribution in [3.63, 3.8) is 0 Å². The van der Waals surface area contributed by atoms with E-state index in [0.717, 1.165) is 29.5 Å².